The molecule has 1 aromatic carbocycles. The molecule has 0 spiro atoms. The van der Waals surface area contributed by atoms with E-state index < -0.39 is 5.82 Å². The zero-order chi connectivity index (χ0) is 17.6. The molecule has 1 N–H and O–H groups in total. The average Bonchev–Trinajstić information content (AvgIpc) is 2.61. The molecule has 0 atom stereocenters. The van der Waals surface area contributed by atoms with Crippen molar-refractivity contribution < 1.29 is 19.1 Å². The molecule has 0 amide bonds. The summed E-state index contributed by atoms with van der Waals surface area (Å²) in [7, 11) is 1.61. The molecule has 1 aliphatic rings. The lowest BCUT2D eigenvalue weighted by molar-refractivity contribution is 0.0743. The number of aliphatic hydroxyl groups excluding tert-OH is 1. The average molecular weight is 346 g/mol. The minimum absolute atomic E-state index is 0.249. The van der Waals surface area contributed by atoms with E-state index in [1.54, 1.807) is 37.7 Å². The van der Waals surface area contributed by atoms with Crippen molar-refractivity contribution in [2.24, 2.45) is 5.16 Å². The number of halogens is 1. The van der Waals surface area contributed by atoms with Crippen LogP contribution in [0.4, 0.5) is 10.3 Å². The summed E-state index contributed by atoms with van der Waals surface area (Å²) in [4.78, 5) is 15.6. The first-order valence-electron chi connectivity index (χ1n) is 7.85. The second-order valence-corrected chi connectivity index (χ2v) is 5.55. The second kappa shape index (κ2) is 8.00. The molecule has 1 saturated heterocycles. The third kappa shape index (κ3) is 3.92. The number of anilines is 1. The van der Waals surface area contributed by atoms with Gasteiger partial charge >= 0.3 is 0 Å². The van der Waals surface area contributed by atoms with Crippen LogP contribution >= 0.6 is 0 Å². The van der Waals surface area contributed by atoms with Crippen LogP contribution in [0.2, 0.25) is 0 Å². The molecular weight excluding hydrogens is 327 g/mol. The SMILES string of the molecule is COCCON=C1CN(c2ncc(-c3cccc(CO)c3F)cn2)C1. The summed E-state index contributed by atoms with van der Waals surface area (Å²) in [5.74, 6) is 0.103. The highest BCUT2D eigenvalue weighted by atomic mass is 19.1. The predicted octanol–water partition coefficient (Wildman–Crippen LogP) is 1.61. The molecule has 0 bridgehead atoms. The highest BCUT2D eigenvalue weighted by molar-refractivity contribution is 5.98. The molecule has 0 radical (unpaired) electrons. The lowest BCUT2D eigenvalue weighted by Gasteiger charge is -2.31. The van der Waals surface area contributed by atoms with Crippen molar-refractivity contribution in [3.63, 3.8) is 0 Å². The van der Waals surface area contributed by atoms with Crippen molar-refractivity contribution in [2.75, 3.05) is 38.3 Å². The van der Waals surface area contributed by atoms with E-state index in [0.29, 0.717) is 43.4 Å². The van der Waals surface area contributed by atoms with E-state index in [1.807, 2.05) is 4.90 Å². The van der Waals surface area contributed by atoms with Gasteiger partial charge in [0.1, 0.15) is 12.4 Å². The van der Waals surface area contributed by atoms with Crippen molar-refractivity contribution in [3.8, 4) is 11.1 Å². The molecule has 0 saturated carbocycles. The molecule has 1 aromatic heterocycles. The number of hydrogen-bond acceptors (Lipinski definition) is 7. The summed E-state index contributed by atoms with van der Waals surface area (Å²) in [6.07, 6.45) is 3.15. The van der Waals surface area contributed by atoms with Gasteiger partial charge in [0, 0.05) is 36.2 Å². The Balaban J connectivity index is 1.63. The first-order valence-corrected chi connectivity index (χ1v) is 7.85. The van der Waals surface area contributed by atoms with Crippen LogP contribution in [0.15, 0.2) is 35.7 Å². The Morgan fingerprint density at radius 2 is 2.00 bits per heavy atom. The lowest BCUT2D eigenvalue weighted by atomic mass is 10.1. The molecule has 2 heterocycles. The summed E-state index contributed by atoms with van der Waals surface area (Å²) < 4.78 is 19.1. The van der Waals surface area contributed by atoms with Gasteiger partial charge in [-0.05, 0) is 0 Å². The van der Waals surface area contributed by atoms with Crippen LogP contribution in [0.5, 0.6) is 0 Å². The summed E-state index contributed by atoms with van der Waals surface area (Å²) in [6.45, 7) is 1.77. The Hall–Kier alpha value is -2.58. The molecule has 7 nitrogen and oxygen atoms in total. The van der Waals surface area contributed by atoms with E-state index in [4.69, 9.17) is 14.7 Å². The van der Waals surface area contributed by atoms with E-state index in [9.17, 15) is 4.39 Å². The van der Waals surface area contributed by atoms with Gasteiger partial charge in [0.05, 0.1) is 32.0 Å². The van der Waals surface area contributed by atoms with Gasteiger partial charge in [-0.3, -0.25) is 0 Å². The molecule has 1 aliphatic heterocycles. The van der Waals surface area contributed by atoms with E-state index in [2.05, 4.69) is 15.1 Å². The minimum atomic E-state index is -0.451. The highest BCUT2D eigenvalue weighted by Crippen LogP contribution is 2.25. The molecule has 25 heavy (non-hydrogen) atoms. The van der Waals surface area contributed by atoms with Gasteiger partial charge < -0.3 is 19.6 Å². The van der Waals surface area contributed by atoms with Crippen LogP contribution in [-0.4, -0.2) is 54.2 Å². The summed E-state index contributed by atoms with van der Waals surface area (Å²) in [6, 6.07) is 4.88. The fourth-order valence-electron chi connectivity index (χ4n) is 2.40. The molecule has 132 valence electrons. The third-order valence-electron chi connectivity index (χ3n) is 3.80. The normalized spacial score (nSPS) is 13.6. The zero-order valence-corrected chi connectivity index (χ0v) is 13.9. The Morgan fingerprint density at radius 3 is 2.68 bits per heavy atom. The number of aromatic nitrogens is 2. The van der Waals surface area contributed by atoms with Crippen LogP contribution in [-0.2, 0) is 16.2 Å². The largest absolute Gasteiger partial charge is 0.393 e. The highest BCUT2D eigenvalue weighted by Gasteiger charge is 2.25. The van der Waals surface area contributed by atoms with Crippen LogP contribution in [0.25, 0.3) is 11.1 Å². The smallest absolute Gasteiger partial charge is 0.225 e. The Labute approximate surface area is 144 Å². The first-order chi connectivity index (χ1) is 12.2. The van der Waals surface area contributed by atoms with Crippen LogP contribution in [0.1, 0.15) is 5.56 Å². The zero-order valence-electron chi connectivity index (χ0n) is 13.9. The Bertz CT molecular complexity index is 744. The Kier molecular flexibility index (Phi) is 5.52. The molecule has 2 aromatic rings. The van der Waals surface area contributed by atoms with Gasteiger partial charge in [0.2, 0.25) is 5.95 Å². The van der Waals surface area contributed by atoms with Gasteiger partial charge in [-0.2, -0.15) is 0 Å². The van der Waals surface area contributed by atoms with E-state index >= 15 is 0 Å². The monoisotopic (exact) mass is 346 g/mol. The van der Waals surface area contributed by atoms with Crippen molar-refractivity contribution in [1.82, 2.24) is 9.97 Å². The molecule has 3 rings (SSSR count). The predicted molar refractivity (Wildman–Crippen MR) is 90.8 cm³/mol. The van der Waals surface area contributed by atoms with Crippen LogP contribution < -0.4 is 4.90 Å². The molecule has 0 unspecified atom stereocenters. The number of oxime groups is 1. The number of benzene rings is 1. The number of ether oxygens (including phenoxy) is 1. The van der Waals surface area contributed by atoms with Crippen molar-refractivity contribution in [1.29, 1.82) is 0 Å². The van der Waals surface area contributed by atoms with E-state index in [1.165, 1.54) is 0 Å². The number of hydrogen-bond donors (Lipinski definition) is 1. The number of nitrogens with zero attached hydrogens (tertiary/aromatic N) is 4. The van der Waals surface area contributed by atoms with Crippen molar-refractivity contribution >= 4 is 11.7 Å². The third-order valence-corrected chi connectivity index (χ3v) is 3.80. The maximum Gasteiger partial charge on any atom is 0.225 e. The van der Waals surface area contributed by atoms with Gasteiger partial charge in [-0.15, -0.1) is 0 Å². The van der Waals surface area contributed by atoms with Gasteiger partial charge in [0.15, 0.2) is 0 Å². The maximum absolute atomic E-state index is 14.3. The fourth-order valence-corrected chi connectivity index (χ4v) is 2.40. The summed E-state index contributed by atoms with van der Waals surface area (Å²) >= 11 is 0. The first kappa shape index (κ1) is 17.2. The van der Waals surface area contributed by atoms with Gasteiger partial charge in [-0.25, -0.2) is 14.4 Å². The standard InChI is InChI=1S/C17H19FN4O3/c1-24-5-6-25-21-14-9-22(10-14)17-19-7-13(8-20-17)15-4-2-3-12(11-23)16(15)18/h2-4,7-8,23H,5-6,9-11H2,1H3. The molecular formula is C17H19FN4O3. The lowest BCUT2D eigenvalue weighted by Crippen LogP contribution is -2.48. The molecule has 0 aliphatic carbocycles. The summed E-state index contributed by atoms with van der Waals surface area (Å²) in [5.41, 5.74) is 2.09. The number of aliphatic hydroxyl groups is 1. The molecule has 8 heteroatoms. The number of rotatable bonds is 7. The van der Waals surface area contributed by atoms with E-state index in [-0.39, 0.29) is 12.2 Å². The summed E-state index contributed by atoms with van der Waals surface area (Å²) in [5, 5.41) is 13.2. The van der Waals surface area contributed by atoms with Crippen LogP contribution in [0.3, 0.4) is 0 Å². The minimum Gasteiger partial charge on any atom is -0.393 e. The topological polar surface area (TPSA) is 80.1 Å². The van der Waals surface area contributed by atoms with Crippen molar-refractivity contribution in [2.45, 2.75) is 6.61 Å². The second-order valence-electron chi connectivity index (χ2n) is 5.55. The van der Waals surface area contributed by atoms with E-state index in [0.717, 1.165) is 5.71 Å². The van der Waals surface area contributed by atoms with Gasteiger partial charge in [-0.1, -0.05) is 23.4 Å². The Morgan fingerprint density at radius 1 is 1.24 bits per heavy atom. The molecule has 1 fully saturated rings. The van der Waals surface area contributed by atoms with Crippen molar-refractivity contribution in [3.05, 3.63) is 42.0 Å². The number of methoxy groups -OCH3 is 1. The fraction of sp³-hybridized carbons (Fsp3) is 0.353. The van der Waals surface area contributed by atoms with Gasteiger partial charge in [0.25, 0.3) is 0 Å². The van der Waals surface area contributed by atoms with Crippen LogP contribution in [0, 0.1) is 5.82 Å². The quantitative estimate of drug-likeness (QED) is 0.606. The maximum atomic E-state index is 14.3.